The normalized spacial score (nSPS) is 29.7. The lowest BCUT2D eigenvalue weighted by molar-refractivity contribution is 0.391. The van der Waals surface area contributed by atoms with Crippen LogP contribution in [0.25, 0.3) is 0 Å². The molecule has 2 aromatic rings. The molecule has 1 fully saturated rings. The van der Waals surface area contributed by atoms with E-state index in [-0.39, 0.29) is 22.6 Å². The van der Waals surface area contributed by atoms with Crippen molar-refractivity contribution in [2.75, 3.05) is 4.90 Å². The van der Waals surface area contributed by atoms with Crippen molar-refractivity contribution in [1.82, 2.24) is 4.72 Å². The zero-order valence-electron chi connectivity index (χ0n) is 19.9. The van der Waals surface area contributed by atoms with E-state index >= 15 is 0 Å². The molecule has 0 saturated heterocycles. The Labute approximate surface area is 199 Å². The molecule has 1 aliphatic heterocycles. The van der Waals surface area contributed by atoms with Crippen molar-refractivity contribution in [3.8, 4) is 0 Å². The predicted octanol–water partition coefficient (Wildman–Crippen LogP) is 5.35. The van der Waals surface area contributed by atoms with E-state index in [4.69, 9.17) is 4.99 Å². The van der Waals surface area contributed by atoms with E-state index in [9.17, 15) is 8.60 Å². The molecule has 3 aliphatic rings. The molecular formula is C27H34FN3OS. The third kappa shape index (κ3) is 4.40. The highest BCUT2D eigenvalue weighted by Gasteiger charge is 2.41. The van der Waals surface area contributed by atoms with Gasteiger partial charge in [0.2, 0.25) is 0 Å². The Balaban J connectivity index is 1.35. The summed E-state index contributed by atoms with van der Waals surface area (Å²) < 4.78 is 29.4. The first-order valence-electron chi connectivity index (χ1n) is 12.1. The molecule has 1 saturated carbocycles. The maximum absolute atomic E-state index is 13.4. The smallest absolute Gasteiger partial charge is 0.123 e. The SMILES string of the molecule is CC1C(c2ccc3c(c2)C[C@H]2CC[C@@H](C3)[C@H]2NS(=O)C(C)(C)C)N=CN1c1ccc(F)cc1. The fraction of sp³-hybridized carbons (Fsp3) is 0.519. The van der Waals surface area contributed by atoms with Crippen molar-refractivity contribution >= 4 is 23.0 Å². The molecule has 2 aliphatic carbocycles. The van der Waals surface area contributed by atoms with Crippen LogP contribution in [0.3, 0.4) is 0 Å². The largest absolute Gasteiger partial charge is 0.327 e. The summed E-state index contributed by atoms with van der Waals surface area (Å²) in [6, 6.07) is 14.0. The standard InChI is InChI=1S/C27H34FN3OS/c1-17-25(29-16-31(17)24-11-9-23(28)10-12-24)19-6-5-18-13-20-7-8-21(15-22(18)14-19)26(20)30-33(32)27(2,3)4/h5-6,9-12,14,16-17,20-21,25-26,30H,7-8,13,15H2,1-4H3/t17?,20-,21+,25?,26+,33?/m0/s1. The van der Waals surface area contributed by atoms with Gasteiger partial charge < -0.3 is 4.90 Å². The molecule has 0 radical (unpaired) electrons. The van der Waals surface area contributed by atoms with Crippen LogP contribution in [0.15, 0.2) is 47.5 Å². The number of fused-ring (bicyclic) bond motifs is 3. The first-order chi connectivity index (χ1) is 15.7. The van der Waals surface area contributed by atoms with Crippen LogP contribution in [0.5, 0.6) is 0 Å². The van der Waals surface area contributed by atoms with Gasteiger partial charge in [0, 0.05) is 11.7 Å². The Morgan fingerprint density at radius 3 is 2.36 bits per heavy atom. The molecule has 0 aromatic heterocycles. The molecular weight excluding hydrogens is 433 g/mol. The molecule has 1 heterocycles. The molecule has 0 spiro atoms. The molecule has 3 unspecified atom stereocenters. The Hall–Kier alpha value is -2.05. The number of aliphatic imine (C=N–C) groups is 1. The van der Waals surface area contributed by atoms with E-state index in [1.54, 1.807) is 0 Å². The van der Waals surface area contributed by atoms with Crippen molar-refractivity contribution in [2.45, 2.75) is 76.3 Å². The maximum Gasteiger partial charge on any atom is 0.123 e. The number of rotatable bonds is 4. The molecule has 2 aromatic carbocycles. The molecule has 6 heteroatoms. The van der Waals surface area contributed by atoms with E-state index in [1.165, 1.54) is 41.7 Å². The number of anilines is 1. The third-order valence-electron chi connectivity index (χ3n) is 7.63. The van der Waals surface area contributed by atoms with Crippen LogP contribution >= 0.6 is 0 Å². The highest BCUT2D eigenvalue weighted by Crippen LogP contribution is 2.42. The lowest BCUT2D eigenvalue weighted by atomic mass is 9.89. The molecule has 4 nitrogen and oxygen atoms in total. The Kier molecular flexibility index (Phi) is 5.94. The predicted molar refractivity (Wildman–Crippen MR) is 134 cm³/mol. The van der Waals surface area contributed by atoms with Gasteiger partial charge in [-0.2, -0.15) is 0 Å². The zero-order chi connectivity index (χ0) is 23.3. The molecule has 1 N–H and O–H groups in total. The van der Waals surface area contributed by atoms with Crippen LogP contribution in [0.4, 0.5) is 10.1 Å². The Morgan fingerprint density at radius 2 is 1.70 bits per heavy atom. The van der Waals surface area contributed by atoms with Gasteiger partial charge in [0.15, 0.2) is 0 Å². The average Bonchev–Trinajstić information content (AvgIpc) is 3.27. The summed E-state index contributed by atoms with van der Waals surface area (Å²) in [5, 5.41) is 0. The van der Waals surface area contributed by atoms with E-state index in [1.807, 2.05) is 39.2 Å². The maximum atomic E-state index is 13.4. The number of benzene rings is 2. The minimum absolute atomic E-state index is 0.0584. The van der Waals surface area contributed by atoms with Gasteiger partial charge in [0.25, 0.3) is 0 Å². The summed E-state index contributed by atoms with van der Waals surface area (Å²) in [5.74, 6) is 0.849. The summed E-state index contributed by atoms with van der Waals surface area (Å²) in [6.07, 6.45) is 6.38. The molecule has 6 atom stereocenters. The van der Waals surface area contributed by atoms with Crippen LogP contribution in [-0.2, 0) is 23.8 Å². The van der Waals surface area contributed by atoms with Crippen molar-refractivity contribution in [1.29, 1.82) is 0 Å². The van der Waals surface area contributed by atoms with Gasteiger partial charge in [-0.1, -0.05) is 18.2 Å². The Bertz CT molecular complexity index is 1080. The first kappa shape index (κ1) is 22.7. The Morgan fingerprint density at radius 1 is 1.03 bits per heavy atom. The van der Waals surface area contributed by atoms with Crippen LogP contribution in [-0.4, -0.2) is 27.4 Å². The fourth-order valence-corrected chi connectivity index (χ4v) is 6.70. The van der Waals surface area contributed by atoms with Gasteiger partial charge >= 0.3 is 0 Å². The average molecular weight is 468 g/mol. The van der Waals surface area contributed by atoms with Crippen molar-refractivity contribution < 1.29 is 8.60 Å². The second-order valence-electron chi connectivity index (χ2n) is 10.9. The molecule has 0 amide bonds. The monoisotopic (exact) mass is 467 g/mol. The molecule has 2 bridgehead atoms. The third-order valence-corrected chi connectivity index (χ3v) is 9.23. The zero-order valence-corrected chi connectivity index (χ0v) is 20.7. The van der Waals surface area contributed by atoms with Gasteiger partial charge in [-0.25, -0.2) is 13.3 Å². The van der Waals surface area contributed by atoms with Crippen LogP contribution < -0.4 is 9.62 Å². The number of nitrogens with zero attached hydrogens (tertiary/aromatic N) is 2. The number of hydrogen-bond donors (Lipinski definition) is 1. The van der Waals surface area contributed by atoms with Crippen molar-refractivity contribution in [3.63, 3.8) is 0 Å². The summed E-state index contributed by atoms with van der Waals surface area (Å²) in [5.41, 5.74) is 5.06. The summed E-state index contributed by atoms with van der Waals surface area (Å²) in [4.78, 5) is 6.95. The second kappa shape index (κ2) is 8.62. The molecule has 176 valence electrons. The van der Waals surface area contributed by atoms with Crippen LogP contribution in [0, 0.1) is 17.7 Å². The van der Waals surface area contributed by atoms with E-state index in [0.717, 1.165) is 18.5 Å². The summed E-state index contributed by atoms with van der Waals surface area (Å²) in [6.45, 7) is 8.28. The van der Waals surface area contributed by atoms with Crippen molar-refractivity contribution in [3.05, 3.63) is 65.0 Å². The van der Waals surface area contributed by atoms with Gasteiger partial charge in [0.05, 0.1) is 34.2 Å². The van der Waals surface area contributed by atoms with E-state index < -0.39 is 11.0 Å². The quantitative estimate of drug-likeness (QED) is 0.659. The topological polar surface area (TPSA) is 44.7 Å². The lowest BCUT2D eigenvalue weighted by Crippen LogP contribution is -2.44. The second-order valence-corrected chi connectivity index (χ2v) is 12.9. The lowest BCUT2D eigenvalue weighted by Gasteiger charge is -2.27. The van der Waals surface area contributed by atoms with Gasteiger partial charge in [-0.3, -0.25) is 4.99 Å². The number of hydrogen-bond acceptors (Lipinski definition) is 3. The van der Waals surface area contributed by atoms with Crippen molar-refractivity contribution in [2.24, 2.45) is 16.8 Å². The van der Waals surface area contributed by atoms with Crippen LogP contribution in [0.1, 0.15) is 63.3 Å². The van der Waals surface area contributed by atoms with Crippen LogP contribution in [0.2, 0.25) is 0 Å². The summed E-state index contributed by atoms with van der Waals surface area (Å²) >= 11 is 0. The highest BCUT2D eigenvalue weighted by atomic mass is 32.2. The van der Waals surface area contributed by atoms with Gasteiger partial charge in [-0.15, -0.1) is 0 Å². The number of nitrogens with one attached hydrogen (secondary N) is 1. The number of halogens is 1. The minimum atomic E-state index is -1.04. The fourth-order valence-electron chi connectivity index (χ4n) is 5.71. The van der Waals surface area contributed by atoms with Gasteiger partial charge in [-0.05, 0) is 106 Å². The minimum Gasteiger partial charge on any atom is -0.327 e. The van der Waals surface area contributed by atoms with Gasteiger partial charge in [0.1, 0.15) is 5.82 Å². The highest BCUT2D eigenvalue weighted by molar-refractivity contribution is 7.84. The van der Waals surface area contributed by atoms with E-state index in [0.29, 0.717) is 17.9 Å². The molecule has 5 rings (SSSR count). The van der Waals surface area contributed by atoms with E-state index in [2.05, 4.69) is 34.7 Å². The summed E-state index contributed by atoms with van der Waals surface area (Å²) in [7, 11) is -1.04. The molecule has 33 heavy (non-hydrogen) atoms. The first-order valence-corrected chi connectivity index (χ1v) is 13.2.